The van der Waals surface area contributed by atoms with Crippen LogP contribution in [0.25, 0.3) is 44.5 Å². The van der Waals surface area contributed by atoms with Gasteiger partial charge in [0.1, 0.15) is 23.7 Å². The van der Waals surface area contributed by atoms with E-state index < -0.39 is 24.3 Å². The zero-order valence-corrected chi connectivity index (χ0v) is 35.8. The molecule has 2 bridgehead atoms. The molecule has 15 heteroatoms. The van der Waals surface area contributed by atoms with Crippen LogP contribution in [-0.2, 0) is 19.1 Å². The van der Waals surface area contributed by atoms with E-state index in [0.29, 0.717) is 23.5 Å². The van der Waals surface area contributed by atoms with E-state index in [9.17, 15) is 24.0 Å². The van der Waals surface area contributed by atoms with Crippen LogP contribution in [0.4, 0.5) is 9.59 Å². The van der Waals surface area contributed by atoms with Crippen molar-refractivity contribution in [1.29, 1.82) is 0 Å². The molecule has 9 rings (SSSR count). The number of imidazole rings is 2. The van der Waals surface area contributed by atoms with E-state index in [2.05, 4.69) is 25.6 Å². The minimum Gasteiger partial charge on any atom is -0.453 e. The van der Waals surface area contributed by atoms with Gasteiger partial charge in [0, 0.05) is 29.3 Å². The molecular weight excluding hydrogens is 789 g/mol. The molecule has 0 radical (unpaired) electrons. The molecule has 4 heterocycles. The van der Waals surface area contributed by atoms with Crippen molar-refractivity contribution < 1.29 is 33.4 Å². The number of amides is 4. The van der Waals surface area contributed by atoms with Crippen LogP contribution in [0.1, 0.15) is 99.5 Å². The molecule has 2 saturated heterocycles. The van der Waals surface area contributed by atoms with Gasteiger partial charge in [-0.1, -0.05) is 58.0 Å². The lowest BCUT2D eigenvalue weighted by molar-refractivity contribution is -0.139. The SMILES string of the molecule is COC(=O)N[C@H](C(=O)N1CCC[C@H]1c1ncc(-c2ccc3c(c2)C(=O)c2cc(-c4ccc5nc([C@@H]6[C@@H]7CC[C@H](C7)N6C(=O)[C@@H](NC(=O)OC)C(C)C)[nH]c5c4)ccc2-3)[nH]1)C(C)C. The predicted molar refractivity (Wildman–Crippen MR) is 231 cm³/mol. The second-order valence-corrected chi connectivity index (χ2v) is 17.7. The summed E-state index contributed by atoms with van der Waals surface area (Å²) < 4.78 is 9.61. The number of H-pyrrole nitrogens is 2. The number of carbonyl (C=O) groups excluding carboxylic acids is 5. The van der Waals surface area contributed by atoms with Crippen molar-refractivity contribution in [3.63, 3.8) is 0 Å². The van der Waals surface area contributed by atoms with Gasteiger partial charge in [-0.3, -0.25) is 14.4 Å². The van der Waals surface area contributed by atoms with Crippen molar-refractivity contribution >= 4 is 40.8 Å². The number of nitrogens with zero attached hydrogens (tertiary/aromatic N) is 4. The molecule has 3 fully saturated rings. The number of aromatic nitrogens is 4. The lowest BCUT2D eigenvalue weighted by Crippen LogP contribution is -2.54. The number of aromatic amines is 2. The van der Waals surface area contributed by atoms with Crippen molar-refractivity contribution in [1.82, 2.24) is 40.4 Å². The van der Waals surface area contributed by atoms with Crippen LogP contribution in [0.5, 0.6) is 0 Å². The number of ether oxygens (including phenoxy) is 2. The largest absolute Gasteiger partial charge is 0.453 e. The summed E-state index contributed by atoms with van der Waals surface area (Å²) in [7, 11) is 2.57. The number of ketones is 1. The van der Waals surface area contributed by atoms with Gasteiger partial charge in [0.25, 0.3) is 0 Å². The number of carbonyl (C=O) groups is 5. The Bertz CT molecular complexity index is 2610. The maximum atomic E-state index is 14.1. The van der Waals surface area contributed by atoms with Gasteiger partial charge in [0.05, 0.1) is 49.2 Å². The molecule has 4 aliphatic rings. The lowest BCUT2D eigenvalue weighted by Gasteiger charge is -2.37. The van der Waals surface area contributed by atoms with Gasteiger partial charge in [-0.2, -0.15) is 0 Å². The Morgan fingerprint density at radius 1 is 0.742 bits per heavy atom. The number of piperidine rings is 1. The Labute approximate surface area is 359 Å². The van der Waals surface area contributed by atoms with E-state index in [1.54, 1.807) is 11.1 Å². The average molecular weight is 841 g/mol. The number of methoxy groups -OCH3 is 2. The van der Waals surface area contributed by atoms with Crippen molar-refractivity contribution in [3.8, 4) is 33.5 Å². The van der Waals surface area contributed by atoms with Crippen LogP contribution in [0.3, 0.4) is 0 Å². The third-order valence-corrected chi connectivity index (χ3v) is 13.3. The minimum absolute atomic E-state index is 0.0591. The first kappa shape index (κ1) is 40.9. The number of alkyl carbamates (subject to hydrolysis) is 2. The zero-order valence-electron chi connectivity index (χ0n) is 35.8. The standard InChI is InChI=1S/C47H52N8O7/c1-23(2)38(52-46(59)61-5)44(57)54-17-7-8-37(54)42-48-22-36(51-42)27-11-15-31-30-14-10-25(19-32(30)41(56)33(31)20-27)26-12-16-34-35(21-26)50-43(49-34)40-28-9-13-29(18-28)55(40)45(58)39(24(3)4)53-47(60)62-6/h10-12,14-16,19-24,28-29,37-40H,7-9,13,17-18H2,1-6H3,(H,48,51)(H,49,50)(H,52,59)(H,53,60)/t28-,29-,37+,38+,39+,40+/m1/s1. The molecule has 322 valence electrons. The lowest BCUT2D eigenvalue weighted by atomic mass is 9.95. The summed E-state index contributed by atoms with van der Waals surface area (Å²) in [6.07, 6.45) is 4.83. The Morgan fingerprint density at radius 2 is 1.37 bits per heavy atom. The molecular formula is C47H52N8O7. The summed E-state index contributed by atoms with van der Waals surface area (Å²) >= 11 is 0. The molecule has 62 heavy (non-hydrogen) atoms. The van der Waals surface area contributed by atoms with Crippen LogP contribution in [0.2, 0.25) is 0 Å². The van der Waals surface area contributed by atoms with Crippen molar-refractivity contribution in [2.45, 2.75) is 90.0 Å². The zero-order chi connectivity index (χ0) is 43.6. The maximum absolute atomic E-state index is 14.1. The maximum Gasteiger partial charge on any atom is 0.407 e. The molecule has 4 N–H and O–H groups in total. The second kappa shape index (κ2) is 16.1. The first-order valence-electron chi connectivity index (χ1n) is 21.5. The van der Waals surface area contributed by atoms with Gasteiger partial charge in [-0.15, -0.1) is 0 Å². The van der Waals surface area contributed by atoms with Crippen LogP contribution in [0.15, 0.2) is 60.8 Å². The monoisotopic (exact) mass is 840 g/mol. The van der Waals surface area contributed by atoms with E-state index in [4.69, 9.17) is 14.5 Å². The quantitative estimate of drug-likeness (QED) is 0.110. The number of nitrogens with one attached hydrogen (secondary N) is 4. The van der Waals surface area contributed by atoms with E-state index in [-0.39, 0.29) is 53.5 Å². The van der Waals surface area contributed by atoms with Gasteiger partial charge in [0.15, 0.2) is 5.78 Å². The molecule has 15 nitrogen and oxygen atoms in total. The van der Waals surface area contributed by atoms with Crippen molar-refractivity contribution in [2.75, 3.05) is 20.8 Å². The van der Waals surface area contributed by atoms with Gasteiger partial charge in [0.2, 0.25) is 11.8 Å². The smallest absolute Gasteiger partial charge is 0.407 e. The Kier molecular flexibility index (Phi) is 10.6. The van der Waals surface area contributed by atoms with Crippen molar-refractivity contribution in [3.05, 3.63) is 83.6 Å². The molecule has 1 saturated carbocycles. The molecule has 0 spiro atoms. The van der Waals surface area contributed by atoms with E-state index in [1.807, 2.05) is 87.2 Å². The van der Waals surface area contributed by atoms with Crippen LogP contribution in [-0.4, -0.2) is 98.4 Å². The topological polar surface area (TPSA) is 192 Å². The summed E-state index contributed by atoms with van der Waals surface area (Å²) in [4.78, 5) is 86.4. The summed E-state index contributed by atoms with van der Waals surface area (Å²) in [6, 6.07) is 16.0. The minimum atomic E-state index is -0.729. The van der Waals surface area contributed by atoms with Gasteiger partial charge >= 0.3 is 12.2 Å². The van der Waals surface area contributed by atoms with Crippen LogP contribution < -0.4 is 10.6 Å². The number of hydrogen-bond donors (Lipinski definition) is 4. The molecule has 3 aromatic carbocycles. The fourth-order valence-corrected chi connectivity index (χ4v) is 10.1. The molecule has 2 aliphatic heterocycles. The van der Waals surface area contributed by atoms with Crippen LogP contribution >= 0.6 is 0 Å². The summed E-state index contributed by atoms with van der Waals surface area (Å²) in [5.74, 6) is 1.03. The average Bonchev–Trinajstić information content (AvgIpc) is 4.14. The fraction of sp³-hybridized carbons (Fsp3) is 0.426. The third kappa shape index (κ3) is 7.06. The molecule has 2 aromatic heterocycles. The highest BCUT2D eigenvalue weighted by atomic mass is 16.5. The third-order valence-electron chi connectivity index (χ3n) is 13.3. The van der Waals surface area contributed by atoms with Crippen molar-refractivity contribution in [2.24, 2.45) is 17.8 Å². The Balaban J connectivity index is 0.935. The summed E-state index contributed by atoms with van der Waals surface area (Å²) in [5.41, 5.74) is 7.96. The van der Waals surface area contributed by atoms with E-state index >= 15 is 0 Å². The molecule has 5 aromatic rings. The number of fused-ring (bicyclic) bond motifs is 6. The van der Waals surface area contributed by atoms with E-state index in [0.717, 1.165) is 82.5 Å². The fourth-order valence-electron chi connectivity index (χ4n) is 10.1. The number of rotatable bonds is 10. The van der Waals surface area contributed by atoms with E-state index in [1.165, 1.54) is 14.2 Å². The highest BCUT2D eigenvalue weighted by Crippen LogP contribution is 2.50. The normalized spacial score (nSPS) is 21.1. The molecule has 0 unspecified atom stereocenters. The highest BCUT2D eigenvalue weighted by Gasteiger charge is 2.51. The molecule has 6 atom stereocenters. The van der Waals surface area contributed by atoms with Gasteiger partial charge in [-0.05, 0) is 96.4 Å². The first-order valence-corrected chi connectivity index (χ1v) is 21.5. The summed E-state index contributed by atoms with van der Waals surface area (Å²) in [5, 5.41) is 5.44. The van der Waals surface area contributed by atoms with Crippen LogP contribution in [0, 0.1) is 17.8 Å². The molecule has 2 aliphatic carbocycles. The first-order chi connectivity index (χ1) is 29.8. The summed E-state index contributed by atoms with van der Waals surface area (Å²) in [6.45, 7) is 8.15. The number of hydrogen-bond acceptors (Lipinski definition) is 9. The molecule has 4 amide bonds. The second-order valence-electron chi connectivity index (χ2n) is 17.7. The Morgan fingerprint density at radius 3 is 2.05 bits per heavy atom. The number of benzene rings is 3. The number of likely N-dealkylation sites (tertiary alicyclic amines) is 2. The highest BCUT2D eigenvalue weighted by molar-refractivity contribution is 6.22. The predicted octanol–water partition coefficient (Wildman–Crippen LogP) is 7.31. The Hall–Kier alpha value is -6.51. The van der Waals surface area contributed by atoms with Gasteiger partial charge in [-0.25, -0.2) is 19.6 Å². The van der Waals surface area contributed by atoms with Gasteiger partial charge < -0.3 is 39.9 Å².